The zero-order valence-electron chi connectivity index (χ0n) is 17.6. The van der Waals surface area contributed by atoms with Crippen LogP contribution in [-0.2, 0) is 19.8 Å². The molecule has 2 aliphatic heterocycles. The molecule has 0 aliphatic carbocycles. The molecule has 1 N–H and O–H groups in total. The Hall–Kier alpha value is -2.37. The number of benzene rings is 1. The van der Waals surface area contributed by atoms with Crippen molar-refractivity contribution in [3.63, 3.8) is 0 Å². The van der Waals surface area contributed by atoms with Gasteiger partial charge in [-0.05, 0) is 24.3 Å². The number of ether oxygens (including phenoxy) is 1. The van der Waals surface area contributed by atoms with E-state index in [2.05, 4.69) is 10.2 Å². The molecular weight excluding hydrogens is 410 g/mol. The third-order valence-electron chi connectivity index (χ3n) is 5.48. The van der Waals surface area contributed by atoms with Gasteiger partial charge in [-0.3, -0.25) is 9.59 Å². The molecule has 30 heavy (non-hydrogen) atoms. The summed E-state index contributed by atoms with van der Waals surface area (Å²) in [6.45, 7) is 2.73. The molecule has 1 atom stereocenters. The van der Waals surface area contributed by atoms with Crippen LogP contribution in [0.25, 0.3) is 0 Å². The molecule has 2 fully saturated rings. The number of methoxy groups -OCH3 is 1. The second-order valence-electron chi connectivity index (χ2n) is 7.48. The van der Waals surface area contributed by atoms with Gasteiger partial charge < -0.3 is 19.9 Å². The van der Waals surface area contributed by atoms with Crippen LogP contribution in [0.15, 0.2) is 24.3 Å². The van der Waals surface area contributed by atoms with Gasteiger partial charge >= 0.3 is 0 Å². The van der Waals surface area contributed by atoms with E-state index < -0.39 is 22.2 Å². The molecule has 1 aromatic carbocycles. The van der Waals surface area contributed by atoms with E-state index in [4.69, 9.17) is 4.74 Å². The predicted octanol–water partition coefficient (Wildman–Crippen LogP) is -0.659. The van der Waals surface area contributed by atoms with E-state index in [1.54, 1.807) is 12.0 Å². The van der Waals surface area contributed by atoms with Gasteiger partial charge in [0.1, 0.15) is 11.8 Å². The molecule has 2 heterocycles. The number of hydrogen-bond acceptors (Lipinski definition) is 6. The lowest BCUT2D eigenvalue weighted by molar-refractivity contribution is -0.137. The van der Waals surface area contributed by atoms with Crippen LogP contribution in [0.1, 0.15) is 6.42 Å². The summed E-state index contributed by atoms with van der Waals surface area (Å²) in [5.41, 5.74) is 1.05. The lowest BCUT2D eigenvalue weighted by atomic mass is 10.1. The molecule has 2 aliphatic rings. The third kappa shape index (κ3) is 4.68. The second-order valence-corrected chi connectivity index (χ2v) is 9.57. The highest BCUT2D eigenvalue weighted by Crippen LogP contribution is 2.22. The highest BCUT2D eigenvalue weighted by Gasteiger charge is 2.40. The number of amides is 2. The van der Waals surface area contributed by atoms with E-state index in [-0.39, 0.29) is 25.4 Å². The standard InChI is InChI=1S/C19H29N5O5S/c1-21(2)30(27,28)24-9-8-20-19(26)17(24)14-18(25)23-12-10-22(11-13-23)15-4-6-16(29-3)7-5-15/h4-7,17H,8-14H2,1-3H3,(H,20,26)/t17-/m1/s1. The van der Waals surface area contributed by atoms with Crippen molar-refractivity contribution in [1.29, 1.82) is 0 Å². The SMILES string of the molecule is COc1ccc(N2CCN(C(=O)C[C@@H]3C(=O)NCCN3S(=O)(=O)N(C)C)CC2)cc1. The van der Waals surface area contributed by atoms with E-state index in [9.17, 15) is 18.0 Å². The summed E-state index contributed by atoms with van der Waals surface area (Å²) in [5, 5.41) is 2.67. The average molecular weight is 440 g/mol. The zero-order valence-corrected chi connectivity index (χ0v) is 18.4. The van der Waals surface area contributed by atoms with Crippen LogP contribution in [0.5, 0.6) is 5.75 Å². The molecule has 1 aromatic rings. The first-order valence-corrected chi connectivity index (χ1v) is 11.3. The number of nitrogens with one attached hydrogen (secondary N) is 1. The summed E-state index contributed by atoms with van der Waals surface area (Å²) in [5.74, 6) is 0.137. The number of carbonyl (C=O) groups excluding carboxylic acids is 2. The minimum atomic E-state index is -3.79. The molecule has 0 saturated carbocycles. The summed E-state index contributed by atoms with van der Waals surface area (Å²) >= 11 is 0. The lowest BCUT2D eigenvalue weighted by Gasteiger charge is -2.38. The van der Waals surface area contributed by atoms with Gasteiger partial charge in [0.25, 0.3) is 10.2 Å². The predicted molar refractivity (Wildman–Crippen MR) is 113 cm³/mol. The topological polar surface area (TPSA) is 102 Å². The average Bonchev–Trinajstić information content (AvgIpc) is 2.75. The van der Waals surface area contributed by atoms with Crippen LogP contribution in [-0.4, -0.2) is 100 Å². The zero-order chi connectivity index (χ0) is 21.9. The van der Waals surface area contributed by atoms with Gasteiger partial charge in [0, 0.05) is 59.1 Å². The van der Waals surface area contributed by atoms with Crippen LogP contribution < -0.4 is 15.0 Å². The van der Waals surface area contributed by atoms with Crippen molar-refractivity contribution in [2.45, 2.75) is 12.5 Å². The van der Waals surface area contributed by atoms with Gasteiger partial charge in [0.05, 0.1) is 13.5 Å². The smallest absolute Gasteiger partial charge is 0.282 e. The summed E-state index contributed by atoms with van der Waals surface area (Å²) in [4.78, 5) is 29.1. The largest absolute Gasteiger partial charge is 0.497 e. The van der Waals surface area contributed by atoms with Crippen LogP contribution >= 0.6 is 0 Å². The minimum absolute atomic E-state index is 0.148. The maximum absolute atomic E-state index is 12.9. The lowest BCUT2D eigenvalue weighted by Crippen LogP contribution is -2.60. The highest BCUT2D eigenvalue weighted by molar-refractivity contribution is 7.86. The molecular formula is C19H29N5O5S. The molecule has 0 spiro atoms. The summed E-state index contributed by atoms with van der Waals surface area (Å²) in [6.07, 6.45) is -0.165. The van der Waals surface area contributed by atoms with Gasteiger partial charge in [-0.1, -0.05) is 0 Å². The molecule has 166 valence electrons. The number of carbonyl (C=O) groups is 2. The molecule has 0 radical (unpaired) electrons. The van der Waals surface area contributed by atoms with E-state index in [1.165, 1.54) is 14.1 Å². The Morgan fingerprint density at radius 2 is 1.77 bits per heavy atom. The monoisotopic (exact) mass is 439 g/mol. The first-order chi connectivity index (χ1) is 14.2. The van der Waals surface area contributed by atoms with Crippen molar-refractivity contribution < 1.29 is 22.7 Å². The van der Waals surface area contributed by atoms with Gasteiger partial charge in [-0.15, -0.1) is 0 Å². The molecule has 11 heteroatoms. The van der Waals surface area contributed by atoms with E-state index in [0.29, 0.717) is 26.2 Å². The molecule has 2 amide bonds. The van der Waals surface area contributed by atoms with Gasteiger partial charge in [-0.2, -0.15) is 17.0 Å². The highest BCUT2D eigenvalue weighted by atomic mass is 32.2. The molecule has 0 bridgehead atoms. The van der Waals surface area contributed by atoms with Crippen LogP contribution in [0, 0.1) is 0 Å². The number of nitrogens with zero attached hydrogens (tertiary/aromatic N) is 4. The number of rotatable bonds is 6. The molecule has 0 unspecified atom stereocenters. The van der Waals surface area contributed by atoms with E-state index >= 15 is 0 Å². The van der Waals surface area contributed by atoms with Crippen LogP contribution in [0.3, 0.4) is 0 Å². The Morgan fingerprint density at radius 1 is 1.13 bits per heavy atom. The van der Waals surface area contributed by atoms with Crippen molar-refractivity contribution >= 4 is 27.7 Å². The Bertz CT molecular complexity index is 866. The Labute approximate surface area is 177 Å². The number of hydrogen-bond donors (Lipinski definition) is 1. The van der Waals surface area contributed by atoms with Gasteiger partial charge in [-0.25, -0.2) is 0 Å². The van der Waals surface area contributed by atoms with Crippen molar-refractivity contribution in [3.8, 4) is 5.75 Å². The van der Waals surface area contributed by atoms with Crippen molar-refractivity contribution in [2.75, 3.05) is 65.4 Å². The van der Waals surface area contributed by atoms with Crippen molar-refractivity contribution in [3.05, 3.63) is 24.3 Å². The maximum Gasteiger partial charge on any atom is 0.282 e. The maximum atomic E-state index is 12.9. The molecule has 0 aromatic heterocycles. The first-order valence-electron chi connectivity index (χ1n) is 9.88. The Morgan fingerprint density at radius 3 is 2.33 bits per heavy atom. The molecule has 3 rings (SSSR count). The van der Waals surface area contributed by atoms with E-state index in [1.807, 2.05) is 24.3 Å². The van der Waals surface area contributed by atoms with Crippen LogP contribution in [0.4, 0.5) is 5.69 Å². The van der Waals surface area contributed by atoms with Gasteiger partial charge in [0.2, 0.25) is 11.8 Å². The Kier molecular flexibility index (Phi) is 6.84. The summed E-state index contributed by atoms with van der Waals surface area (Å²) in [6, 6.07) is 6.72. The fourth-order valence-corrected chi connectivity index (χ4v) is 4.91. The van der Waals surface area contributed by atoms with Crippen molar-refractivity contribution in [1.82, 2.24) is 18.8 Å². The normalized spacial score (nSPS) is 20.9. The molecule has 10 nitrogen and oxygen atoms in total. The third-order valence-corrected chi connectivity index (χ3v) is 7.43. The van der Waals surface area contributed by atoms with E-state index in [0.717, 1.165) is 20.0 Å². The molecule has 2 saturated heterocycles. The summed E-state index contributed by atoms with van der Waals surface area (Å²) in [7, 11) is 0.661. The van der Waals surface area contributed by atoms with Crippen molar-refractivity contribution in [2.24, 2.45) is 0 Å². The first kappa shape index (κ1) is 22.3. The van der Waals surface area contributed by atoms with Crippen LogP contribution in [0.2, 0.25) is 0 Å². The number of piperazine rings is 2. The second kappa shape index (κ2) is 9.19. The fourth-order valence-electron chi connectivity index (χ4n) is 3.68. The van der Waals surface area contributed by atoms with Gasteiger partial charge in [0.15, 0.2) is 0 Å². The minimum Gasteiger partial charge on any atom is -0.497 e. The quantitative estimate of drug-likeness (QED) is 0.632. The number of anilines is 1. The fraction of sp³-hybridized carbons (Fsp3) is 0.579. The summed E-state index contributed by atoms with van der Waals surface area (Å²) < 4.78 is 32.5. The Balaban J connectivity index is 1.62.